The van der Waals surface area contributed by atoms with Gasteiger partial charge in [0.05, 0.1) is 13.2 Å². The van der Waals surface area contributed by atoms with Gasteiger partial charge in [0.2, 0.25) is 0 Å². The van der Waals surface area contributed by atoms with E-state index < -0.39 is 30.1 Å². The third-order valence-electron chi connectivity index (χ3n) is 2.13. The van der Waals surface area contributed by atoms with Gasteiger partial charge in [-0.15, -0.1) is 0 Å². The highest BCUT2D eigenvalue weighted by Crippen LogP contribution is 2.45. The van der Waals surface area contributed by atoms with Crippen LogP contribution in [0.2, 0.25) is 0 Å². The number of aliphatic imine (C=N–C) groups is 1. The van der Waals surface area contributed by atoms with Gasteiger partial charge in [-0.05, 0) is 6.92 Å². The van der Waals surface area contributed by atoms with Crippen LogP contribution in [0.3, 0.4) is 0 Å². The van der Waals surface area contributed by atoms with E-state index in [4.69, 9.17) is 5.11 Å². The molecule has 0 aromatic heterocycles. The number of nitrogens with zero attached hydrogens (tertiary/aromatic N) is 1. The van der Waals surface area contributed by atoms with E-state index in [1.54, 1.807) is 0 Å². The number of methoxy groups -OCH3 is 1. The average Bonchev–Trinajstić information content (AvgIpc) is 2.14. The van der Waals surface area contributed by atoms with Crippen molar-refractivity contribution in [2.75, 3.05) is 20.3 Å². The summed E-state index contributed by atoms with van der Waals surface area (Å²) >= 11 is 0. The van der Waals surface area contributed by atoms with Crippen LogP contribution in [-0.2, 0) is 4.74 Å². The smallest absolute Gasteiger partial charge is 0.383 e. The molecule has 18 heavy (non-hydrogen) atoms. The maximum atomic E-state index is 12.3. The number of hydrogen-bond donors (Lipinski definition) is 1. The first-order valence-corrected chi connectivity index (χ1v) is 4.80. The summed E-state index contributed by atoms with van der Waals surface area (Å²) in [5.41, 5.74) is -5.23. The topological polar surface area (TPSA) is 41.8 Å². The van der Waals surface area contributed by atoms with Gasteiger partial charge in [0.1, 0.15) is 0 Å². The number of alkyl halides is 6. The number of rotatable bonds is 5. The maximum absolute atomic E-state index is 12.3. The Balaban J connectivity index is 5.00. The lowest BCUT2D eigenvalue weighted by molar-refractivity contribution is -0.365. The molecule has 0 aromatic carbocycles. The van der Waals surface area contributed by atoms with Crippen molar-refractivity contribution in [3.8, 4) is 0 Å². The van der Waals surface area contributed by atoms with Crippen LogP contribution in [0, 0.1) is 0 Å². The number of halogens is 6. The molecule has 0 aliphatic rings. The van der Waals surface area contributed by atoms with Crippen LogP contribution in [0.1, 0.15) is 13.3 Å². The van der Waals surface area contributed by atoms with Gasteiger partial charge in [-0.3, -0.25) is 4.99 Å². The Morgan fingerprint density at radius 1 is 1.11 bits per heavy atom. The second kappa shape index (κ2) is 5.87. The fourth-order valence-electron chi connectivity index (χ4n) is 1.12. The van der Waals surface area contributed by atoms with Crippen molar-refractivity contribution >= 4 is 5.71 Å². The third-order valence-corrected chi connectivity index (χ3v) is 2.13. The first-order valence-electron chi connectivity index (χ1n) is 4.80. The molecule has 108 valence electrons. The van der Waals surface area contributed by atoms with E-state index in [0.717, 1.165) is 6.92 Å². The number of aliphatic hydroxyl groups is 1. The van der Waals surface area contributed by atoms with Crippen LogP contribution in [0.25, 0.3) is 0 Å². The van der Waals surface area contributed by atoms with Crippen LogP contribution >= 0.6 is 0 Å². The molecule has 0 atom stereocenters. The van der Waals surface area contributed by atoms with Crippen molar-refractivity contribution < 1.29 is 36.2 Å². The van der Waals surface area contributed by atoms with Gasteiger partial charge in [0, 0.05) is 19.2 Å². The zero-order valence-corrected chi connectivity index (χ0v) is 9.69. The molecule has 3 nitrogen and oxygen atoms in total. The summed E-state index contributed by atoms with van der Waals surface area (Å²) in [5.74, 6) is 0. The highest BCUT2D eigenvalue weighted by atomic mass is 19.4. The van der Waals surface area contributed by atoms with Gasteiger partial charge in [0.25, 0.3) is 5.60 Å². The number of ether oxygens (including phenoxy) is 1. The molecule has 0 heterocycles. The van der Waals surface area contributed by atoms with Crippen molar-refractivity contribution in [3.63, 3.8) is 0 Å². The van der Waals surface area contributed by atoms with Gasteiger partial charge in [-0.25, -0.2) is 0 Å². The summed E-state index contributed by atoms with van der Waals surface area (Å²) in [7, 11) is 1.31. The summed E-state index contributed by atoms with van der Waals surface area (Å²) in [4.78, 5) is 3.46. The third kappa shape index (κ3) is 4.13. The fraction of sp³-hybridized carbons (Fsp3) is 0.889. The second-order valence-corrected chi connectivity index (χ2v) is 3.64. The predicted octanol–water partition coefficient (Wildman–Crippen LogP) is 2.34. The Labute approximate surface area is 99.5 Å². The summed E-state index contributed by atoms with van der Waals surface area (Å²) in [6, 6.07) is 0. The van der Waals surface area contributed by atoms with Gasteiger partial charge in [0.15, 0.2) is 0 Å². The van der Waals surface area contributed by atoms with Crippen molar-refractivity contribution in [3.05, 3.63) is 0 Å². The minimum atomic E-state index is -5.82. The minimum absolute atomic E-state index is 0.0633. The highest BCUT2D eigenvalue weighted by molar-refractivity contribution is 5.83. The lowest BCUT2D eigenvalue weighted by Crippen LogP contribution is -2.57. The van der Waals surface area contributed by atoms with Gasteiger partial charge in [-0.2, -0.15) is 26.3 Å². The molecule has 0 aliphatic carbocycles. The van der Waals surface area contributed by atoms with Crippen LogP contribution in [0.5, 0.6) is 0 Å². The first kappa shape index (κ1) is 17.2. The molecular formula is C9H13F6NO2. The minimum Gasteiger partial charge on any atom is -0.383 e. The van der Waals surface area contributed by atoms with E-state index in [-0.39, 0.29) is 13.2 Å². The molecule has 0 aromatic rings. The number of hydrogen-bond acceptors (Lipinski definition) is 3. The van der Waals surface area contributed by atoms with Crippen molar-refractivity contribution in [2.45, 2.75) is 31.3 Å². The standard InChI is InChI=1S/C9H13F6NO2/c1-6(16-3-4-18-2)5-7(17,8(10,11)12)9(13,14)15/h17H,3-5H2,1-2H3. The van der Waals surface area contributed by atoms with Crippen LogP contribution in [0.4, 0.5) is 26.3 Å². The normalized spacial score (nSPS) is 15.1. The maximum Gasteiger partial charge on any atom is 0.426 e. The van der Waals surface area contributed by atoms with E-state index in [9.17, 15) is 26.3 Å². The molecule has 0 bridgehead atoms. The SMILES string of the molecule is COCCN=C(C)CC(O)(C(F)(F)F)C(F)(F)F. The highest BCUT2D eigenvalue weighted by Gasteiger charge is 2.70. The average molecular weight is 281 g/mol. The Hall–Kier alpha value is -0.830. The summed E-state index contributed by atoms with van der Waals surface area (Å²) in [6.07, 6.45) is -13.3. The Kier molecular flexibility index (Phi) is 5.60. The predicted molar refractivity (Wildman–Crippen MR) is 51.5 cm³/mol. The van der Waals surface area contributed by atoms with Crippen LogP contribution in [0.15, 0.2) is 4.99 Å². The van der Waals surface area contributed by atoms with Crippen molar-refractivity contribution in [1.82, 2.24) is 0 Å². The fourth-order valence-corrected chi connectivity index (χ4v) is 1.12. The van der Waals surface area contributed by atoms with E-state index >= 15 is 0 Å². The zero-order valence-electron chi connectivity index (χ0n) is 9.69. The lowest BCUT2D eigenvalue weighted by atomic mass is 9.95. The first-order chi connectivity index (χ1) is 7.95. The molecule has 0 spiro atoms. The molecule has 0 fully saturated rings. The Morgan fingerprint density at radius 2 is 1.56 bits per heavy atom. The zero-order chi connectivity index (χ0) is 14.6. The molecule has 1 N–H and O–H groups in total. The molecule has 0 unspecified atom stereocenters. The van der Waals surface area contributed by atoms with E-state index in [2.05, 4.69) is 9.73 Å². The van der Waals surface area contributed by atoms with Gasteiger partial charge >= 0.3 is 12.4 Å². The molecular weight excluding hydrogens is 268 g/mol. The van der Waals surface area contributed by atoms with Gasteiger partial charge in [-0.1, -0.05) is 0 Å². The molecule has 9 heteroatoms. The Bertz CT molecular complexity index is 282. The molecule has 0 saturated carbocycles. The lowest BCUT2D eigenvalue weighted by Gasteiger charge is -2.32. The van der Waals surface area contributed by atoms with Crippen LogP contribution < -0.4 is 0 Å². The monoisotopic (exact) mass is 281 g/mol. The summed E-state index contributed by atoms with van der Waals surface area (Å²) in [5, 5.41) is 8.85. The molecule has 0 aliphatic heterocycles. The molecule has 0 rings (SSSR count). The van der Waals surface area contributed by atoms with Crippen molar-refractivity contribution in [2.24, 2.45) is 4.99 Å². The quantitative estimate of drug-likeness (QED) is 0.477. The Morgan fingerprint density at radius 3 is 1.89 bits per heavy atom. The molecule has 0 radical (unpaired) electrons. The largest absolute Gasteiger partial charge is 0.426 e. The van der Waals surface area contributed by atoms with Crippen LogP contribution in [-0.4, -0.2) is 49.0 Å². The molecule has 0 amide bonds. The van der Waals surface area contributed by atoms with E-state index in [0.29, 0.717) is 0 Å². The van der Waals surface area contributed by atoms with E-state index in [1.807, 2.05) is 0 Å². The summed E-state index contributed by atoms with van der Waals surface area (Å²) in [6.45, 7) is 0.972. The van der Waals surface area contributed by atoms with E-state index in [1.165, 1.54) is 7.11 Å². The van der Waals surface area contributed by atoms with Crippen molar-refractivity contribution in [1.29, 1.82) is 0 Å². The second-order valence-electron chi connectivity index (χ2n) is 3.64. The summed E-state index contributed by atoms with van der Waals surface area (Å²) < 4.78 is 78.3. The molecule has 0 saturated heterocycles. The van der Waals surface area contributed by atoms with Gasteiger partial charge < -0.3 is 9.84 Å².